The summed E-state index contributed by atoms with van der Waals surface area (Å²) >= 11 is 3.97. The molecule has 4 fully saturated rings. The molecule has 0 saturated heterocycles. The molecule has 20 heavy (non-hydrogen) atoms. The number of alkyl halides is 1. The minimum absolute atomic E-state index is 0.0847. The summed E-state index contributed by atoms with van der Waals surface area (Å²) in [5.74, 6) is 4.53. The molecule has 0 amide bonds. The molecule has 0 spiro atoms. The second kappa shape index (κ2) is 4.83. The molecule has 108 valence electrons. The van der Waals surface area contributed by atoms with Crippen LogP contribution in [-0.2, 0) is 0 Å². The van der Waals surface area contributed by atoms with Gasteiger partial charge in [0.15, 0.2) is 0 Å². The lowest BCUT2D eigenvalue weighted by Gasteiger charge is -2.55. The van der Waals surface area contributed by atoms with Gasteiger partial charge in [0.1, 0.15) is 5.82 Å². The maximum Gasteiger partial charge on any atom is 0.126 e. The predicted molar refractivity (Wildman–Crippen MR) is 83.3 cm³/mol. The van der Waals surface area contributed by atoms with E-state index in [4.69, 9.17) is 0 Å². The number of rotatable bonds is 2. The highest BCUT2D eigenvalue weighted by Crippen LogP contribution is 2.60. The van der Waals surface area contributed by atoms with Crippen LogP contribution in [0.4, 0.5) is 4.39 Å². The largest absolute Gasteiger partial charge is 0.207 e. The third kappa shape index (κ3) is 2.06. The van der Waals surface area contributed by atoms with E-state index in [9.17, 15) is 4.39 Å². The van der Waals surface area contributed by atoms with Crippen molar-refractivity contribution in [2.24, 2.45) is 29.6 Å². The molecule has 0 N–H and O–H groups in total. The van der Waals surface area contributed by atoms with Gasteiger partial charge in [-0.25, -0.2) is 4.39 Å². The maximum absolute atomic E-state index is 13.5. The fraction of sp³-hybridized carbons (Fsp3) is 0.667. The average Bonchev–Trinajstić information content (AvgIpc) is 2.40. The van der Waals surface area contributed by atoms with E-state index in [0.29, 0.717) is 4.83 Å². The smallest absolute Gasteiger partial charge is 0.126 e. The zero-order valence-corrected chi connectivity index (χ0v) is 13.6. The summed E-state index contributed by atoms with van der Waals surface area (Å²) in [7, 11) is 0. The minimum Gasteiger partial charge on any atom is -0.207 e. The van der Waals surface area contributed by atoms with Crippen LogP contribution in [0.1, 0.15) is 48.1 Å². The summed E-state index contributed by atoms with van der Waals surface area (Å²) in [6.07, 6.45) is 7.28. The lowest BCUT2D eigenvalue weighted by atomic mass is 9.51. The Bertz CT molecular complexity index is 496. The van der Waals surface area contributed by atoms with Crippen molar-refractivity contribution < 1.29 is 4.39 Å². The van der Waals surface area contributed by atoms with Crippen molar-refractivity contribution in [2.75, 3.05) is 0 Å². The molecule has 4 bridgehead atoms. The molecule has 0 radical (unpaired) electrons. The number of benzene rings is 1. The highest BCUT2D eigenvalue weighted by atomic mass is 79.9. The molecule has 0 nitrogen and oxygen atoms in total. The first-order valence-corrected chi connectivity index (χ1v) is 8.93. The second-order valence-corrected chi connectivity index (χ2v) is 8.40. The second-order valence-electron chi connectivity index (χ2n) is 7.42. The fourth-order valence-electron chi connectivity index (χ4n) is 5.51. The summed E-state index contributed by atoms with van der Waals surface area (Å²) in [5.41, 5.74) is 2.05. The van der Waals surface area contributed by atoms with E-state index in [1.54, 1.807) is 6.07 Å². The zero-order chi connectivity index (χ0) is 13.9. The van der Waals surface area contributed by atoms with Gasteiger partial charge in [-0.15, -0.1) is 0 Å². The molecule has 5 rings (SSSR count). The van der Waals surface area contributed by atoms with E-state index in [1.807, 2.05) is 19.1 Å². The summed E-state index contributed by atoms with van der Waals surface area (Å²) in [6, 6.07) is 5.65. The molecule has 1 unspecified atom stereocenters. The minimum atomic E-state index is -0.0847. The number of halogens is 2. The molecular formula is C18H22BrF. The predicted octanol–water partition coefficient (Wildman–Crippen LogP) is 5.64. The van der Waals surface area contributed by atoms with Crippen LogP contribution >= 0.6 is 15.9 Å². The van der Waals surface area contributed by atoms with E-state index in [1.165, 1.54) is 37.7 Å². The highest BCUT2D eigenvalue weighted by Gasteiger charge is 2.50. The van der Waals surface area contributed by atoms with E-state index in [2.05, 4.69) is 15.9 Å². The zero-order valence-electron chi connectivity index (χ0n) is 12.0. The van der Waals surface area contributed by atoms with Crippen LogP contribution in [0.15, 0.2) is 18.2 Å². The normalized spacial score (nSPS) is 40.0. The molecule has 1 aromatic rings. The Morgan fingerprint density at radius 2 is 1.65 bits per heavy atom. The molecule has 2 heteroatoms. The average molecular weight is 337 g/mol. The summed E-state index contributed by atoms with van der Waals surface area (Å²) in [4.78, 5) is 0.414. The van der Waals surface area contributed by atoms with Gasteiger partial charge in [-0.1, -0.05) is 28.1 Å². The summed E-state index contributed by atoms with van der Waals surface area (Å²) in [5, 5.41) is 0. The Morgan fingerprint density at radius 3 is 2.20 bits per heavy atom. The van der Waals surface area contributed by atoms with Crippen molar-refractivity contribution in [3.05, 3.63) is 35.1 Å². The molecule has 0 aromatic heterocycles. The summed E-state index contributed by atoms with van der Waals surface area (Å²) in [6.45, 7) is 1.87. The molecule has 1 aromatic carbocycles. The Morgan fingerprint density at radius 1 is 1.05 bits per heavy atom. The molecule has 4 aliphatic rings. The van der Waals surface area contributed by atoms with Crippen molar-refractivity contribution in [3.63, 3.8) is 0 Å². The topological polar surface area (TPSA) is 0 Å². The maximum atomic E-state index is 13.5. The Labute approximate surface area is 129 Å². The van der Waals surface area contributed by atoms with Crippen LogP contribution in [0.5, 0.6) is 0 Å². The van der Waals surface area contributed by atoms with Crippen LogP contribution in [-0.4, -0.2) is 0 Å². The molecule has 4 saturated carbocycles. The molecule has 4 aliphatic carbocycles. The van der Waals surface area contributed by atoms with Crippen LogP contribution < -0.4 is 0 Å². The fourth-order valence-corrected chi connectivity index (χ4v) is 6.65. The first-order valence-electron chi connectivity index (χ1n) is 8.02. The lowest BCUT2D eigenvalue weighted by Crippen LogP contribution is -2.46. The van der Waals surface area contributed by atoms with Gasteiger partial charge in [-0.3, -0.25) is 0 Å². The monoisotopic (exact) mass is 336 g/mol. The van der Waals surface area contributed by atoms with Gasteiger partial charge < -0.3 is 0 Å². The number of hydrogen-bond donors (Lipinski definition) is 0. The highest BCUT2D eigenvalue weighted by molar-refractivity contribution is 9.09. The van der Waals surface area contributed by atoms with Gasteiger partial charge in [-0.2, -0.15) is 0 Å². The van der Waals surface area contributed by atoms with Crippen molar-refractivity contribution in [1.29, 1.82) is 0 Å². The lowest BCUT2D eigenvalue weighted by molar-refractivity contribution is -0.0364. The first kappa shape index (κ1) is 13.3. The van der Waals surface area contributed by atoms with Crippen molar-refractivity contribution in [1.82, 2.24) is 0 Å². The van der Waals surface area contributed by atoms with Crippen LogP contribution in [0.2, 0.25) is 0 Å². The Balaban J connectivity index is 1.62. The molecular weight excluding hydrogens is 315 g/mol. The van der Waals surface area contributed by atoms with Crippen LogP contribution in [0.3, 0.4) is 0 Å². The Hall–Kier alpha value is -0.370. The first-order chi connectivity index (χ1) is 9.61. The molecule has 1 atom stereocenters. The van der Waals surface area contributed by atoms with E-state index in [0.717, 1.165) is 35.2 Å². The summed E-state index contributed by atoms with van der Waals surface area (Å²) < 4.78 is 13.5. The van der Waals surface area contributed by atoms with Gasteiger partial charge in [0, 0.05) is 4.83 Å². The quantitative estimate of drug-likeness (QED) is 0.613. The standard InChI is InChI=1S/C18H22BrF/c1-10-4-13(2-3-16(10)20)18(19)17-14-6-11-5-12(8-14)9-15(17)7-11/h2-4,11-12,14-15,17-18H,5-9H2,1H3. The van der Waals surface area contributed by atoms with Crippen molar-refractivity contribution in [2.45, 2.75) is 43.9 Å². The van der Waals surface area contributed by atoms with E-state index < -0.39 is 0 Å². The van der Waals surface area contributed by atoms with Crippen molar-refractivity contribution in [3.8, 4) is 0 Å². The number of hydrogen-bond acceptors (Lipinski definition) is 0. The SMILES string of the molecule is Cc1cc(C(Br)C2C3CC4CC(C3)CC2C4)ccc1F. The molecule has 0 heterocycles. The van der Waals surface area contributed by atoms with Gasteiger partial charge >= 0.3 is 0 Å². The van der Waals surface area contributed by atoms with Crippen molar-refractivity contribution >= 4 is 15.9 Å². The third-order valence-electron chi connectivity index (χ3n) is 6.14. The van der Waals surface area contributed by atoms with E-state index in [-0.39, 0.29) is 5.82 Å². The number of aryl methyl sites for hydroxylation is 1. The Kier molecular flexibility index (Phi) is 3.21. The van der Waals surface area contributed by atoms with Gasteiger partial charge in [0.2, 0.25) is 0 Å². The van der Waals surface area contributed by atoms with E-state index >= 15 is 0 Å². The van der Waals surface area contributed by atoms with Crippen LogP contribution in [0, 0.1) is 42.3 Å². The van der Waals surface area contributed by atoms with Gasteiger partial charge in [0.05, 0.1) is 0 Å². The molecule has 0 aliphatic heterocycles. The third-order valence-corrected chi connectivity index (χ3v) is 7.28. The van der Waals surface area contributed by atoms with Gasteiger partial charge in [0.25, 0.3) is 0 Å². The van der Waals surface area contributed by atoms with Crippen LogP contribution in [0.25, 0.3) is 0 Å². The van der Waals surface area contributed by atoms with Gasteiger partial charge in [-0.05, 0) is 85.8 Å².